The Morgan fingerprint density at radius 3 is 3.10 bits per heavy atom. The van der Waals surface area contributed by atoms with Crippen LogP contribution in [0.2, 0.25) is 0 Å². The maximum atomic E-state index is 10.9. The first-order chi connectivity index (χ1) is 4.84. The van der Waals surface area contributed by atoms with Gasteiger partial charge >= 0.3 is 0 Å². The number of allylic oxidation sites excluding steroid dienone is 2. The van der Waals surface area contributed by atoms with Gasteiger partial charge in [-0.2, -0.15) is 0 Å². The molecule has 3 nitrogen and oxygen atoms in total. The van der Waals surface area contributed by atoms with Crippen LogP contribution in [0.1, 0.15) is 6.42 Å². The summed E-state index contributed by atoms with van der Waals surface area (Å²) in [6.45, 7) is -0.239. The zero-order valence-electron chi connectivity index (χ0n) is 5.53. The predicted molar refractivity (Wildman–Crippen MR) is 36.8 cm³/mol. The Balaban J connectivity index is 2.66. The fraction of sp³-hybridized carbons (Fsp3) is 0.286. The number of aliphatic hydroxyl groups excluding tert-OH is 1. The molecule has 54 valence electrons. The summed E-state index contributed by atoms with van der Waals surface area (Å²) in [7, 11) is 0. The fourth-order valence-corrected chi connectivity index (χ4v) is 0.727. The van der Waals surface area contributed by atoms with Gasteiger partial charge in [-0.15, -0.1) is 0 Å². The quantitative estimate of drug-likeness (QED) is 0.565. The molecule has 0 unspecified atom stereocenters. The molecule has 0 spiro atoms. The number of amides is 1. The monoisotopic (exact) mass is 139 g/mol. The van der Waals surface area contributed by atoms with E-state index in [0.717, 1.165) is 0 Å². The van der Waals surface area contributed by atoms with Crippen LogP contribution in [-0.2, 0) is 4.79 Å². The number of hydrogen-bond donors (Lipinski definition) is 1. The van der Waals surface area contributed by atoms with Crippen LogP contribution in [0.3, 0.4) is 0 Å². The first-order valence-corrected chi connectivity index (χ1v) is 3.08. The van der Waals surface area contributed by atoms with Crippen molar-refractivity contribution in [3.63, 3.8) is 0 Å². The first kappa shape index (κ1) is 7.02. The van der Waals surface area contributed by atoms with E-state index in [9.17, 15) is 4.79 Å². The third kappa shape index (κ3) is 1.45. The molecule has 1 rings (SSSR count). The van der Waals surface area contributed by atoms with Crippen molar-refractivity contribution in [1.82, 2.24) is 4.90 Å². The van der Waals surface area contributed by atoms with Crippen molar-refractivity contribution in [3.05, 3.63) is 24.4 Å². The van der Waals surface area contributed by atoms with Gasteiger partial charge in [0.1, 0.15) is 6.73 Å². The van der Waals surface area contributed by atoms with Crippen LogP contribution >= 0.6 is 0 Å². The van der Waals surface area contributed by atoms with Crippen molar-refractivity contribution in [3.8, 4) is 0 Å². The number of carbonyl (C=O) groups excluding carboxylic acids is 1. The molecule has 0 fully saturated rings. The molecule has 1 aliphatic rings. The van der Waals surface area contributed by atoms with Gasteiger partial charge in [-0.25, -0.2) is 0 Å². The molecular formula is C7H9NO2. The Morgan fingerprint density at radius 2 is 2.40 bits per heavy atom. The molecule has 0 aromatic carbocycles. The van der Waals surface area contributed by atoms with Gasteiger partial charge < -0.3 is 5.11 Å². The summed E-state index contributed by atoms with van der Waals surface area (Å²) in [5.74, 6) is -0.0764. The van der Waals surface area contributed by atoms with E-state index >= 15 is 0 Å². The Kier molecular flexibility index (Phi) is 2.23. The van der Waals surface area contributed by atoms with Gasteiger partial charge in [0.2, 0.25) is 5.91 Å². The highest BCUT2D eigenvalue weighted by Crippen LogP contribution is 2.00. The molecule has 0 saturated heterocycles. The summed E-state index contributed by atoms with van der Waals surface area (Å²) in [4.78, 5) is 12.2. The molecule has 1 aliphatic heterocycles. The molecule has 1 amide bonds. The molecular weight excluding hydrogens is 130 g/mol. The van der Waals surface area contributed by atoms with Crippen LogP contribution in [0.4, 0.5) is 0 Å². The maximum absolute atomic E-state index is 10.9. The lowest BCUT2D eigenvalue weighted by molar-refractivity contribution is -0.130. The second kappa shape index (κ2) is 3.17. The molecule has 0 aromatic rings. The smallest absolute Gasteiger partial charge is 0.232 e. The second-order valence-corrected chi connectivity index (χ2v) is 1.98. The minimum Gasteiger partial charge on any atom is -0.376 e. The van der Waals surface area contributed by atoms with Crippen molar-refractivity contribution in [2.75, 3.05) is 6.73 Å². The van der Waals surface area contributed by atoms with Crippen LogP contribution in [0.15, 0.2) is 24.4 Å². The standard InChI is InChI=1S/C7H9NO2/c9-6-8-5-3-1-2-4-7(8)10/h1-3,5,9H,4,6H2. The van der Waals surface area contributed by atoms with Crippen molar-refractivity contribution in [2.45, 2.75) is 6.42 Å². The lowest BCUT2D eigenvalue weighted by atomic mass is 10.4. The van der Waals surface area contributed by atoms with Crippen molar-refractivity contribution in [1.29, 1.82) is 0 Å². The summed E-state index contributed by atoms with van der Waals surface area (Å²) >= 11 is 0. The van der Waals surface area contributed by atoms with E-state index < -0.39 is 0 Å². The van der Waals surface area contributed by atoms with E-state index in [-0.39, 0.29) is 12.6 Å². The summed E-state index contributed by atoms with van der Waals surface area (Å²) in [6, 6.07) is 0. The Hall–Kier alpha value is -1.09. The second-order valence-electron chi connectivity index (χ2n) is 1.98. The molecule has 1 heterocycles. The van der Waals surface area contributed by atoms with Gasteiger partial charge in [-0.3, -0.25) is 9.69 Å². The number of hydrogen-bond acceptors (Lipinski definition) is 2. The minimum absolute atomic E-state index is 0.0764. The summed E-state index contributed by atoms with van der Waals surface area (Å²) in [6.07, 6.45) is 7.20. The van der Waals surface area contributed by atoms with Crippen LogP contribution < -0.4 is 0 Å². The molecule has 0 bridgehead atoms. The number of rotatable bonds is 1. The zero-order chi connectivity index (χ0) is 7.40. The van der Waals surface area contributed by atoms with Crippen LogP contribution in [-0.4, -0.2) is 22.6 Å². The highest BCUT2D eigenvalue weighted by Gasteiger charge is 2.07. The first-order valence-electron chi connectivity index (χ1n) is 3.08. The number of aliphatic hydroxyl groups is 1. The van der Waals surface area contributed by atoms with Crippen molar-refractivity contribution < 1.29 is 9.90 Å². The average Bonchev–Trinajstić information content (AvgIpc) is 2.13. The largest absolute Gasteiger partial charge is 0.376 e. The lowest BCUT2D eigenvalue weighted by Gasteiger charge is -2.11. The minimum atomic E-state index is -0.239. The molecule has 1 N–H and O–H groups in total. The molecule has 0 saturated carbocycles. The molecule has 0 aromatic heterocycles. The topological polar surface area (TPSA) is 40.5 Å². The highest BCUT2D eigenvalue weighted by atomic mass is 16.3. The van der Waals surface area contributed by atoms with Gasteiger partial charge in [-0.1, -0.05) is 12.2 Å². The van der Waals surface area contributed by atoms with E-state index in [2.05, 4.69) is 0 Å². The Bertz CT molecular complexity index is 184. The lowest BCUT2D eigenvalue weighted by Crippen LogP contribution is -2.24. The van der Waals surface area contributed by atoms with Gasteiger partial charge in [-0.05, 0) is 6.08 Å². The van der Waals surface area contributed by atoms with Gasteiger partial charge in [0.15, 0.2) is 0 Å². The number of nitrogens with zero attached hydrogens (tertiary/aromatic N) is 1. The van der Waals surface area contributed by atoms with E-state index in [1.165, 1.54) is 4.90 Å². The van der Waals surface area contributed by atoms with Crippen LogP contribution in [0.5, 0.6) is 0 Å². The molecule has 10 heavy (non-hydrogen) atoms. The van der Waals surface area contributed by atoms with Crippen LogP contribution in [0.25, 0.3) is 0 Å². The highest BCUT2D eigenvalue weighted by molar-refractivity contribution is 5.79. The molecule has 0 atom stereocenters. The van der Waals surface area contributed by atoms with Gasteiger partial charge in [0.25, 0.3) is 0 Å². The molecule has 3 heteroatoms. The third-order valence-corrected chi connectivity index (χ3v) is 1.28. The van der Waals surface area contributed by atoms with Gasteiger partial charge in [0, 0.05) is 12.6 Å². The Morgan fingerprint density at radius 1 is 1.60 bits per heavy atom. The SMILES string of the molecule is O=C1CC=CC=CN1CO. The summed E-state index contributed by atoms with van der Waals surface area (Å²) in [5, 5.41) is 8.61. The average molecular weight is 139 g/mol. The zero-order valence-corrected chi connectivity index (χ0v) is 5.53. The van der Waals surface area contributed by atoms with Gasteiger partial charge in [0.05, 0.1) is 0 Å². The van der Waals surface area contributed by atoms with Crippen molar-refractivity contribution >= 4 is 5.91 Å². The predicted octanol–water partition coefficient (Wildman–Crippen LogP) is 0.238. The summed E-state index contributed by atoms with van der Waals surface area (Å²) < 4.78 is 0. The van der Waals surface area contributed by atoms with Crippen molar-refractivity contribution in [2.24, 2.45) is 0 Å². The molecule has 0 radical (unpaired) electrons. The maximum Gasteiger partial charge on any atom is 0.232 e. The summed E-state index contributed by atoms with van der Waals surface area (Å²) in [5.41, 5.74) is 0. The van der Waals surface area contributed by atoms with E-state index in [1.54, 1.807) is 24.4 Å². The van der Waals surface area contributed by atoms with Crippen LogP contribution in [0, 0.1) is 0 Å². The molecule has 0 aliphatic carbocycles. The van der Waals surface area contributed by atoms with E-state index in [4.69, 9.17) is 5.11 Å². The Labute approximate surface area is 59.3 Å². The number of carbonyl (C=O) groups is 1. The van der Waals surface area contributed by atoms with E-state index in [0.29, 0.717) is 6.42 Å². The fourth-order valence-electron chi connectivity index (χ4n) is 0.727. The van der Waals surface area contributed by atoms with E-state index in [1.807, 2.05) is 0 Å². The normalized spacial score (nSPS) is 17.7. The third-order valence-electron chi connectivity index (χ3n) is 1.28.